The Labute approximate surface area is 180 Å². The molecule has 1 amide bonds. The maximum Gasteiger partial charge on any atom is 0.272 e. The number of amides is 1. The number of rotatable bonds is 4. The molecule has 8 nitrogen and oxygen atoms in total. The maximum absolute atomic E-state index is 12.9. The fourth-order valence-corrected chi connectivity index (χ4v) is 4.16. The fourth-order valence-electron chi connectivity index (χ4n) is 4.16. The Morgan fingerprint density at radius 3 is 2.87 bits per heavy atom. The van der Waals surface area contributed by atoms with Crippen molar-refractivity contribution in [1.82, 2.24) is 29.3 Å². The molecule has 1 aromatic carbocycles. The van der Waals surface area contributed by atoms with Crippen LogP contribution in [0.5, 0.6) is 5.75 Å². The Morgan fingerprint density at radius 2 is 2.06 bits per heavy atom. The number of ether oxygens (including phenoxy) is 1. The zero-order valence-corrected chi connectivity index (χ0v) is 17.6. The molecule has 5 rings (SSSR count). The van der Waals surface area contributed by atoms with Crippen LogP contribution in [0.15, 0.2) is 54.9 Å². The molecule has 1 saturated heterocycles. The summed E-state index contributed by atoms with van der Waals surface area (Å²) in [4.78, 5) is 19.5. The van der Waals surface area contributed by atoms with E-state index in [-0.39, 0.29) is 11.8 Å². The van der Waals surface area contributed by atoms with Gasteiger partial charge in [-0.3, -0.25) is 9.48 Å². The highest BCUT2D eigenvalue weighted by atomic mass is 16.5. The van der Waals surface area contributed by atoms with E-state index in [0.29, 0.717) is 12.2 Å². The first kappa shape index (κ1) is 19.3. The number of pyridine rings is 1. The molecule has 0 spiro atoms. The van der Waals surface area contributed by atoms with Crippen LogP contribution in [0.4, 0.5) is 0 Å². The molecule has 31 heavy (non-hydrogen) atoms. The van der Waals surface area contributed by atoms with Crippen molar-refractivity contribution >= 4 is 11.6 Å². The predicted molar refractivity (Wildman–Crippen MR) is 116 cm³/mol. The monoisotopic (exact) mass is 416 g/mol. The van der Waals surface area contributed by atoms with Crippen molar-refractivity contribution in [2.24, 2.45) is 7.05 Å². The highest BCUT2D eigenvalue weighted by Crippen LogP contribution is 2.28. The van der Waals surface area contributed by atoms with Gasteiger partial charge in [-0.1, -0.05) is 12.1 Å². The summed E-state index contributed by atoms with van der Waals surface area (Å²) in [6.45, 7) is 1.36. The van der Waals surface area contributed by atoms with Gasteiger partial charge in [0, 0.05) is 44.0 Å². The number of aryl methyl sites for hydroxylation is 1. The molecular formula is C23H24N6O2. The molecule has 0 saturated carbocycles. The lowest BCUT2D eigenvalue weighted by molar-refractivity contribution is 0.0693. The second-order valence-corrected chi connectivity index (χ2v) is 7.85. The summed E-state index contributed by atoms with van der Waals surface area (Å²) in [6.07, 6.45) is 5.54. The van der Waals surface area contributed by atoms with E-state index in [0.717, 1.165) is 47.7 Å². The third kappa shape index (κ3) is 3.65. The average molecular weight is 416 g/mol. The fraction of sp³-hybridized carbons (Fsp3) is 0.304. The molecule has 0 radical (unpaired) electrons. The molecular weight excluding hydrogens is 392 g/mol. The van der Waals surface area contributed by atoms with Gasteiger partial charge in [-0.2, -0.15) is 10.2 Å². The van der Waals surface area contributed by atoms with Gasteiger partial charge in [-0.15, -0.1) is 0 Å². The molecule has 0 aliphatic carbocycles. The van der Waals surface area contributed by atoms with Crippen LogP contribution in [0.25, 0.3) is 16.8 Å². The van der Waals surface area contributed by atoms with E-state index in [1.165, 1.54) is 0 Å². The van der Waals surface area contributed by atoms with Crippen LogP contribution in [0.3, 0.4) is 0 Å². The van der Waals surface area contributed by atoms with Gasteiger partial charge in [0.25, 0.3) is 5.91 Å². The summed E-state index contributed by atoms with van der Waals surface area (Å²) < 4.78 is 8.78. The number of benzene rings is 1. The summed E-state index contributed by atoms with van der Waals surface area (Å²) >= 11 is 0. The average Bonchev–Trinajstić information content (AvgIpc) is 3.44. The van der Waals surface area contributed by atoms with Crippen LogP contribution in [0.2, 0.25) is 0 Å². The Balaban J connectivity index is 1.40. The highest BCUT2D eigenvalue weighted by Gasteiger charge is 2.29. The minimum absolute atomic E-state index is 0.00813. The maximum atomic E-state index is 12.9. The number of likely N-dealkylation sites (tertiary alicyclic amines) is 1. The first-order valence-corrected chi connectivity index (χ1v) is 10.4. The molecule has 4 heterocycles. The number of hydrogen-bond acceptors (Lipinski definition) is 5. The molecule has 4 aromatic rings. The van der Waals surface area contributed by atoms with Crippen molar-refractivity contribution in [2.75, 3.05) is 20.2 Å². The Morgan fingerprint density at radius 1 is 1.16 bits per heavy atom. The zero-order chi connectivity index (χ0) is 21.4. The van der Waals surface area contributed by atoms with Gasteiger partial charge in [-0.25, -0.2) is 9.50 Å². The molecule has 1 aliphatic rings. The summed E-state index contributed by atoms with van der Waals surface area (Å²) in [7, 11) is 3.46. The van der Waals surface area contributed by atoms with E-state index < -0.39 is 0 Å². The van der Waals surface area contributed by atoms with Gasteiger partial charge in [0.1, 0.15) is 11.4 Å². The quantitative estimate of drug-likeness (QED) is 0.511. The molecule has 0 N–H and O–H groups in total. The second-order valence-electron chi connectivity index (χ2n) is 7.85. The molecule has 0 unspecified atom stereocenters. The van der Waals surface area contributed by atoms with Gasteiger partial charge in [0.05, 0.1) is 7.11 Å². The van der Waals surface area contributed by atoms with E-state index in [4.69, 9.17) is 14.8 Å². The highest BCUT2D eigenvalue weighted by molar-refractivity contribution is 5.92. The topological polar surface area (TPSA) is 77.5 Å². The van der Waals surface area contributed by atoms with Gasteiger partial charge < -0.3 is 9.64 Å². The normalized spacial score (nSPS) is 16.6. The standard InChI is InChI=1S/C23H24N6O2/c1-27-20(10-11-24-27)23(30)28-12-4-6-18(14-28)22-25-21-9-8-17(15-29(21)26-22)16-5-3-7-19(13-16)31-2/h3,5,7-11,13,15,18H,4,6,12,14H2,1-2H3/t18-/m1/s1. The second kappa shape index (κ2) is 7.86. The van der Waals surface area contributed by atoms with Crippen molar-refractivity contribution in [3.8, 4) is 16.9 Å². The van der Waals surface area contributed by atoms with Gasteiger partial charge in [-0.05, 0) is 48.7 Å². The number of nitrogens with zero attached hydrogens (tertiary/aromatic N) is 6. The third-order valence-electron chi connectivity index (χ3n) is 5.86. The SMILES string of the molecule is COc1cccc(-c2ccc3nc([C@@H]4CCCN(C(=O)c5ccnn5C)C4)nn3c2)c1. The Bertz CT molecular complexity index is 1240. The summed E-state index contributed by atoms with van der Waals surface area (Å²) in [5.41, 5.74) is 3.51. The number of carbonyl (C=O) groups is 1. The molecule has 8 heteroatoms. The van der Waals surface area contributed by atoms with E-state index in [9.17, 15) is 4.79 Å². The zero-order valence-electron chi connectivity index (χ0n) is 17.6. The molecule has 1 atom stereocenters. The number of aromatic nitrogens is 5. The lowest BCUT2D eigenvalue weighted by Crippen LogP contribution is -2.40. The number of fused-ring (bicyclic) bond motifs is 1. The number of methoxy groups -OCH3 is 1. The molecule has 0 bridgehead atoms. The number of hydrogen-bond donors (Lipinski definition) is 0. The van der Waals surface area contributed by atoms with Crippen molar-refractivity contribution < 1.29 is 9.53 Å². The number of piperidine rings is 1. The Hall–Kier alpha value is -3.68. The smallest absolute Gasteiger partial charge is 0.272 e. The van der Waals surface area contributed by atoms with Crippen LogP contribution in [-0.4, -0.2) is 55.4 Å². The minimum Gasteiger partial charge on any atom is -0.497 e. The summed E-state index contributed by atoms with van der Waals surface area (Å²) in [6, 6.07) is 13.7. The summed E-state index contributed by atoms with van der Waals surface area (Å²) in [5, 5.41) is 8.87. The van der Waals surface area contributed by atoms with E-state index >= 15 is 0 Å². The van der Waals surface area contributed by atoms with Crippen molar-refractivity contribution in [3.63, 3.8) is 0 Å². The van der Waals surface area contributed by atoms with Crippen LogP contribution < -0.4 is 4.74 Å². The van der Waals surface area contributed by atoms with E-state index in [1.807, 2.05) is 52.0 Å². The summed E-state index contributed by atoms with van der Waals surface area (Å²) in [5.74, 6) is 1.72. The first-order chi connectivity index (χ1) is 15.1. The van der Waals surface area contributed by atoms with Crippen molar-refractivity contribution in [1.29, 1.82) is 0 Å². The molecule has 3 aromatic heterocycles. The molecule has 158 valence electrons. The van der Waals surface area contributed by atoms with Crippen molar-refractivity contribution in [2.45, 2.75) is 18.8 Å². The van der Waals surface area contributed by atoms with Crippen LogP contribution in [0.1, 0.15) is 35.1 Å². The molecule has 1 aliphatic heterocycles. The van der Waals surface area contributed by atoms with Crippen molar-refractivity contribution in [3.05, 3.63) is 66.4 Å². The van der Waals surface area contributed by atoms with Gasteiger partial charge in [0.2, 0.25) is 0 Å². The third-order valence-corrected chi connectivity index (χ3v) is 5.86. The first-order valence-electron chi connectivity index (χ1n) is 10.4. The van der Waals surface area contributed by atoms with Gasteiger partial charge in [0.15, 0.2) is 11.5 Å². The minimum atomic E-state index is 0.00813. The van der Waals surface area contributed by atoms with Gasteiger partial charge >= 0.3 is 0 Å². The lowest BCUT2D eigenvalue weighted by atomic mass is 9.97. The van der Waals surface area contributed by atoms with Crippen LogP contribution >= 0.6 is 0 Å². The molecule has 1 fully saturated rings. The predicted octanol–water partition coefficient (Wildman–Crippen LogP) is 3.16. The van der Waals surface area contributed by atoms with E-state index in [2.05, 4.69) is 5.10 Å². The number of carbonyl (C=O) groups excluding carboxylic acids is 1. The lowest BCUT2D eigenvalue weighted by Gasteiger charge is -2.31. The van der Waals surface area contributed by atoms with Crippen LogP contribution in [-0.2, 0) is 7.05 Å². The van der Waals surface area contributed by atoms with Crippen LogP contribution in [0, 0.1) is 0 Å². The Kier molecular flexibility index (Phi) is 4.89. The largest absolute Gasteiger partial charge is 0.497 e. The van der Waals surface area contributed by atoms with E-state index in [1.54, 1.807) is 31.1 Å².